The second-order valence-electron chi connectivity index (χ2n) is 14.4. The van der Waals surface area contributed by atoms with Crippen LogP contribution in [0.15, 0.2) is 91.1 Å². The van der Waals surface area contributed by atoms with Crippen molar-refractivity contribution < 1.29 is 33.4 Å². The number of benzene rings is 4. The molecule has 0 saturated carbocycles. The molecule has 0 fully saturated rings. The van der Waals surface area contributed by atoms with E-state index in [1.807, 2.05) is 50.2 Å². The molecule has 1 aliphatic heterocycles. The van der Waals surface area contributed by atoms with Crippen molar-refractivity contribution in [3.8, 4) is 39.4 Å². The summed E-state index contributed by atoms with van der Waals surface area (Å²) in [6.45, 7) is 5.61. The first-order chi connectivity index (χ1) is 29.2. The Morgan fingerprint density at radius 1 is 0.783 bits per heavy atom. The van der Waals surface area contributed by atoms with Crippen molar-refractivity contribution in [3.05, 3.63) is 114 Å². The number of aromatic amines is 2. The zero-order valence-electron chi connectivity index (χ0n) is 34.0. The van der Waals surface area contributed by atoms with Gasteiger partial charge in [0.1, 0.15) is 36.6 Å². The summed E-state index contributed by atoms with van der Waals surface area (Å²) in [6, 6.07) is 26.8. The standard InChI is InChI=1S/C45H48N8O7/c1-5-18-52(40(54)24-47-44(56)58-3)25-38-46-23-35(48-38)33-15-14-29-20-30(12-13-31(29)21-33)32-16-17-34-37(22-32)60-27-36-42(34)50-39(49-36)26-53(19-6-2)43(55)41(51-45(57)59-4)28-10-8-7-9-11-28/h7-17,20-23,41H,5-6,18-19,24-27H2,1-4H3,(H,46,48)(H,47,56)(H,49,50)(H,51,57). The van der Waals surface area contributed by atoms with E-state index in [1.165, 1.54) is 14.2 Å². The molecule has 6 aromatic rings. The number of alkyl carbamates (subject to hydrolysis) is 2. The number of methoxy groups -OCH3 is 2. The van der Waals surface area contributed by atoms with Gasteiger partial charge in [-0.05, 0) is 64.6 Å². The Labute approximate surface area is 347 Å². The molecule has 1 unspecified atom stereocenters. The van der Waals surface area contributed by atoms with Gasteiger partial charge >= 0.3 is 12.2 Å². The molecule has 2 aromatic heterocycles. The Morgan fingerprint density at radius 3 is 2.18 bits per heavy atom. The number of amides is 4. The van der Waals surface area contributed by atoms with Crippen LogP contribution in [-0.2, 0) is 38.8 Å². The lowest BCUT2D eigenvalue weighted by Gasteiger charge is -2.27. The van der Waals surface area contributed by atoms with E-state index in [2.05, 4.69) is 66.7 Å². The van der Waals surface area contributed by atoms with Gasteiger partial charge in [0.25, 0.3) is 0 Å². The molecule has 4 aromatic carbocycles. The smallest absolute Gasteiger partial charge is 0.407 e. The highest BCUT2D eigenvalue weighted by atomic mass is 16.5. The predicted octanol–water partition coefficient (Wildman–Crippen LogP) is 7.11. The lowest BCUT2D eigenvalue weighted by molar-refractivity contribution is -0.134. The molecule has 15 heteroatoms. The molecule has 0 aliphatic carbocycles. The summed E-state index contributed by atoms with van der Waals surface area (Å²) in [5, 5.41) is 7.26. The summed E-state index contributed by atoms with van der Waals surface area (Å²) in [5.41, 5.74) is 6.93. The maximum atomic E-state index is 13.9. The van der Waals surface area contributed by atoms with Gasteiger partial charge in [0.2, 0.25) is 11.8 Å². The van der Waals surface area contributed by atoms with Gasteiger partial charge in [-0.1, -0.05) is 74.5 Å². The summed E-state index contributed by atoms with van der Waals surface area (Å²) < 4.78 is 15.7. The monoisotopic (exact) mass is 812 g/mol. The molecule has 0 radical (unpaired) electrons. The Hall–Kier alpha value is -7.16. The first kappa shape index (κ1) is 41.0. The van der Waals surface area contributed by atoms with Crippen LogP contribution >= 0.6 is 0 Å². The van der Waals surface area contributed by atoms with Crippen LogP contribution in [0, 0.1) is 0 Å². The Balaban J connectivity index is 1.05. The predicted molar refractivity (Wildman–Crippen MR) is 225 cm³/mol. The van der Waals surface area contributed by atoms with E-state index in [4.69, 9.17) is 14.5 Å². The number of H-pyrrole nitrogens is 2. The molecule has 60 heavy (non-hydrogen) atoms. The number of rotatable bonds is 15. The number of fused-ring (bicyclic) bond motifs is 4. The average molecular weight is 813 g/mol. The van der Waals surface area contributed by atoms with Crippen LogP contribution in [-0.4, -0.2) is 87.6 Å². The van der Waals surface area contributed by atoms with Crippen LogP contribution in [0.4, 0.5) is 9.59 Å². The number of hydrogen-bond acceptors (Lipinski definition) is 9. The molecule has 0 spiro atoms. The minimum absolute atomic E-state index is 0.156. The minimum Gasteiger partial charge on any atom is -0.487 e. The Kier molecular flexibility index (Phi) is 12.7. The lowest BCUT2D eigenvalue weighted by Crippen LogP contribution is -2.43. The highest BCUT2D eigenvalue weighted by Crippen LogP contribution is 2.40. The van der Waals surface area contributed by atoms with Gasteiger partial charge in [-0.15, -0.1) is 0 Å². The molecule has 1 aliphatic rings. The van der Waals surface area contributed by atoms with Crippen molar-refractivity contribution in [3.63, 3.8) is 0 Å². The molecule has 0 bridgehead atoms. The second kappa shape index (κ2) is 18.6. The maximum absolute atomic E-state index is 13.9. The largest absolute Gasteiger partial charge is 0.487 e. The summed E-state index contributed by atoms with van der Waals surface area (Å²) in [6.07, 6.45) is 1.89. The van der Waals surface area contributed by atoms with E-state index in [0.717, 1.165) is 62.3 Å². The van der Waals surface area contributed by atoms with Crippen molar-refractivity contribution in [2.75, 3.05) is 33.9 Å². The molecule has 310 valence electrons. The Morgan fingerprint density at radius 2 is 1.45 bits per heavy atom. The van der Waals surface area contributed by atoms with Gasteiger partial charge in [-0.2, -0.15) is 0 Å². The normalized spacial score (nSPS) is 12.1. The van der Waals surface area contributed by atoms with Crippen molar-refractivity contribution >= 4 is 34.8 Å². The molecule has 15 nitrogen and oxygen atoms in total. The number of imidazole rings is 2. The molecule has 4 N–H and O–H groups in total. The van der Waals surface area contributed by atoms with Gasteiger partial charge in [0, 0.05) is 24.2 Å². The molecule has 7 rings (SSSR count). The number of aromatic nitrogens is 4. The van der Waals surface area contributed by atoms with Crippen LogP contribution in [0.5, 0.6) is 5.75 Å². The van der Waals surface area contributed by atoms with Crippen molar-refractivity contribution in [1.82, 2.24) is 40.4 Å². The molecule has 4 amide bonds. The van der Waals surface area contributed by atoms with Gasteiger partial charge in [0.05, 0.1) is 50.6 Å². The van der Waals surface area contributed by atoms with E-state index >= 15 is 0 Å². The fourth-order valence-corrected chi connectivity index (χ4v) is 7.30. The zero-order chi connectivity index (χ0) is 42.2. The van der Waals surface area contributed by atoms with Crippen molar-refractivity contribution in [2.24, 2.45) is 0 Å². The third kappa shape index (κ3) is 9.25. The quantitative estimate of drug-likeness (QED) is 0.0840. The minimum atomic E-state index is -0.920. The van der Waals surface area contributed by atoms with Crippen LogP contribution < -0.4 is 15.4 Å². The maximum Gasteiger partial charge on any atom is 0.407 e. The number of carbonyl (C=O) groups excluding carboxylic acids is 4. The second-order valence-corrected chi connectivity index (χ2v) is 14.4. The van der Waals surface area contributed by atoms with Crippen LogP contribution in [0.1, 0.15) is 55.6 Å². The molecule has 1 atom stereocenters. The van der Waals surface area contributed by atoms with Gasteiger partial charge in [-0.3, -0.25) is 9.59 Å². The highest BCUT2D eigenvalue weighted by molar-refractivity contribution is 5.91. The number of nitrogens with zero attached hydrogens (tertiary/aromatic N) is 4. The Bertz CT molecular complexity index is 2500. The summed E-state index contributed by atoms with van der Waals surface area (Å²) in [5.74, 6) is 1.49. The van der Waals surface area contributed by atoms with Gasteiger partial charge in [-0.25, -0.2) is 19.6 Å². The fourth-order valence-electron chi connectivity index (χ4n) is 7.30. The van der Waals surface area contributed by atoms with E-state index in [9.17, 15) is 19.2 Å². The van der Waals surface area contributed by atoms with E-state index in [0.29, 0.717) is 43.3 Å². The topological polar surface area (TPSA) is 184 Å². The third-order valence-corrected chi connectivity index (χ3v) is 10.3. The van der Waals surface area contributed by atoms with Crippen molar-refractivity contribution in [1.29, 1.82) is 0 Å². The first-order valence-corrected chi connectivity index (χ1v) is 19.9. The molecule has 3 heterocycles. The lowest BCUT2D eigenvalue weighted by atomic mass is 9.97. The fraction of sp³-hybridized carbons (Fsp3) is 0.289. The van der Waals surface area contributed by atoms with Gasteiger partial charge in [0.15, 0.2) is 0 Å². The van der Waals surface area contributed by atoms with Crippen LogP contribution in [0.25, 0.3) is 44.4 Å². The zero-order valence-corrected chi connectivity index (χ0v) is 34.0. The number of hydrogen-bond donors (Lipinski definition) is 4. The third-order valence-electron chi connectivity index (χ3n) is 10.3. The van der Waals surface area contributed by atoms with E-state index in [1.54, 1.807) is 28.1 Å². The first-order valence-electron chi connectivity index (χ1n) is 19.9. The van der Waals surface area contributed by atoms with E-state index < -0.39 is 18.2 Å². The van der Waals surface area contributed by atoms with Gasteiger partial charge < -0.3 is 44.6 Å². The summed E-state index contributed by atoms with van der Waals surface area (Å²) in [7, 11) is 2.53. The SMILES string of the molecule is CCCN(Cc1ncc(-c2ccc3cc(-c4ccc5c(c4)OCc4[nH]c(CN(CCC)C(=O)C(NC(=O)OC)c6ccccc6)nc4-5)ccc3c2)[nH]1)C(=O)CNC(=O)OC. The summed E-state index contributed by atoms with van der Waals surface area (Å²) >= 11 is 0. The van der Waals surface area contributed by atoms with Crippen LogP contribution in [0.3, 0.4) is 0 Å². The highest BCUT2D eigenvalue weighted by Gasteiger charge is 2.30. The number of carbonyl (C=O) groups is 4. The van der Waals surface area contributed by atoms with Crippen molar-refractivity contribution in [2.45, 2.75) is 52.4 Å². The average Bonchev–Trinajstić information content (AvgIpc) is 3.93. The van der Waals surface area contributed by atoms with Crippen LogP contribution in [0.2, 0.25) is 0 Å². The van der Waals surface area contributed by atoms with E-state index in [-0.39, 0.29) is 31.4 Å². The number of ether oxygens (including phenoxy) is 3. The molecule has 0 saturated heterocycles. The molecular weight excluding hydrogens is 765 g/mol. The summed E-state index contributed by atoms with van der Waals surface area (Å²) in [4.78, 5) is 70.0. The molecular formula is C45H48N8O7. The number of nitrogens with one attached hydrogen (secondary N) is 4.